The highest BCUT2D eigenvalue weighted by Gasteiger charge is 2.20. The van der Waals surface area contributed by atoms with Gasteiger partial charge < -0.3 is 0 Å². The van der Waals surface area contributed by atoms with Crippen molar-refractivity contribution in [2.75, 3.05) is 0 Å². The van der Waals surface area contributed by atoms with Gasteiger partial charge in [-0.15, -0.1) is 0 Å². The Morgan fingerprint density at radius 2 is 1.31 bits per heavy atom. The minimum atomic E-state index is 0.469. The second kappa shape index (κ2) is 8.22. The molecule has 3 aromatic carbocycles. The third-order valence-electron chi connectivity index (χ3n) is 4.56. The molecule has 0 bridgehead atoms. The monoisotopic (exact) mass is 480 g/mol. The van der Waals surface area contributed by atoms with E-state index >= 15 is 0 Å². The molecule has 1 aromatic heterocycles. The van der Waals surface area contributed by atoms with Gasteiger partial charge in [0.05, 0.1) is 37.2 Å². The van der Waals surface area contributed by atoms with Crippen molar-refractivity contribution in [3.8, 4) is 28.2 Å². The fourth-order valence-electron chi connectivity index (χ4n) is 3.19. The molecule has 2 nitrogen and oxygen atoms in total. The second-order valence-corrected chi connectivity index (χ2v) is 8.54. The van der Waals surface area contributed by atoms with Gasteiger partial charge in [0.15, 0.2) is 0 Å². The topological polar surface area (TPSA) is 17.8 Å². The van der Waals surface area contributed by atoms with Crippen molar-refractivity contribution in [3.63, 3.8) is 0 Å². The molecule has 0 aliphatic carbocycles. The van der Waals surface area contributed by atoms with Crippen LogP contribution in [0.1, 0.15) is 5.56 Å². The molecule has 1 heterocycles. The Labute approximate surface area is 193 Å². The molecule has 0 saturated carbocycles. The summed E-state index contributed by atoms with van der Waals surface area (Å²) in [7, 11) is 0. The molecule has 0 fully saturated rings. The van der Waals surface area contributed by atoms with Crippen LogP contribution in [-0.4, -0.2) is 9.78 Å². The van der Waals surface area contributed by atoms with Gasteiger partial charge in [0, 0.05) is 21.7 Å². The fourth-order valence-corrected chi connectivity index (χ4v) is 3.97. The van der Waals surface area contributed by atoms with Crippen LogP contribution in [0, 0.1) is 6.92 Å². The van der Waals surface area contributed by atoms with Gasteiger partial charge in [-0.2, -0.15) is 5.10 Å². The van der Waals surface area contributed by atoms with Crippen molar-refractivity contribution in [2.45, 2.75) is 6.92 Å². The molecular weight excluding hydrogens is 470 g/mol. The van der Waals surface area contributed by atoms with Crippen molar-refractivity contribution < 1.29 is 0 Å². The van der Waals surface area contributed by atoms with Gasteiger partial charge >= 0.3 is 0 Å². The molecule has 29 heavy (non-hydrogen) atoms. The standard InChI is InChI=1S/C22H13Cl5N2/c1-12-21(13-5-7-17(24)19(26)9-13)28-29(16-4-2-3-15(23)11-16)22(12)14-6-8-18(25)20(27)10-14/h2-11H,1H3. The van der Waals surface area contributed by atoms with E-state index in [9.17, 15) is 0 Å². The van der Waals surface area contributed by atoms with E-state index in [4.69, 9.17) is 63.1 Å². The lowest BCUT2D eigenvalue weighted by Gasteiger charge is -2.10. The normalized spacial score (nSPS) is 11.1. The largest absolute Gasteiger partial charge is 0.232 e. The molecule has 0 aliphatic heterocycles. The van der Waals surface area contributed by atoms with Crippen molar-refractivity contribution in [3.05, 3.63) is 91.3 Å². The summed E-state index contributed by atoms with van der Waals surface area (Å²) in [4.78, 5) is 0. The van der Waals surface area contributed by atoms with Crippen molar-refractivity contribution in [1.82, 2.24) is 9.78 Å². The quantitative estimate of drug-likeness (QED) is 0.285. The third-order valence-corrected chi connectivity index (χ3v) is 6.27. The van der Waals surface area contributed by atoms with E-state index in [0.717, 1.165) is 33.8 Å². The van der Waals surface area contributed by atoms with E-state index in [1.165, 1.54) is 0 Å². The highest BCUT2D eigenvalue weighted by Crippen LogP contribution is 2.37. The lowest BCUT2D eigenvalue weighted by molar-refractivity contribution is 0.891. The highest BCUT2D eigenvalue weighted by molar-refractivity contribution is 6.42. The predicted octanol–water partition coefficient (Wildman–Crippen LogP) is 8.78. The van der Waals surface area contributed by atoms with Crippen molar-refractivity contribution in [2.24, 2.45) is 0 Å². The van der Waals surface area contributed by atoms with Gasteiger partial charge in [0.1, 0.15) is 0 Å². The Morgan fingerprint density at radius 3 is 1.93 bits per heavy atom. The first-order valence-electron chi connectivity index (χ1n) is 8.61. The van der Waals surface area contributed by atoms with E-state index in [1.807, 2.05) is 54.1 Å². The van der Waals surface area contributed by atoms with E-state index in [1.54, 1.807) is 18.2 Å². The zero-order valence-electron chi connectivity index (χ0n) is 15.1. The average molecular weight is 483 g/mol. The first kappa shape index (κ1) is 20.6. The molecule has 0 radical (unpaired) electrons. The summed E-state index contributed by atoms with van der Waals surface area (Å²) >= 11 is 31.0. The minimum Gasteiger partial charge on any atom is -0.232 e. The van der Waals surface area contributed by atoms with Crippen LogP contribution >= 0.6 is 58.0 Å². The van der Waals surface area contributed by atoms with Gasteiger partial charge in [0.2, 0.25) is 0 Å². The van der Waals surface area contributed by atoms with Crippen molar-refractivity contribution in [1.29, 1.82) is 0 Å². The Morgan fingerprint density at radius 1 is 0.690 bits per heavy atom. The molecule has 7 heteroatoms. The number of rotatable bonds is 3. The zero-order valence-corrected chi connectivity index (χ0v) is 18.8. The molecule has 4 rings (SSSR count). The minimum absolute atomic E-state index is 0.469. The Balaban J connectivity index is 2.00. The molecule has 0 spiro atoms. The SMILES string of the molecule is Cc1c(-c2ccc(Cl)c(Cl)c2)nn(-c2cccc(Cl)c2)c1-c1ccc(Cl)c(Cl)c1. The van der Waals surface area contributed by atoms with Crippen LogP contribution in [0.15, 0.2) is 60.7 Å². The smallest absolute Gasteiger partial charge is 0.0963 e. The van der Waals surface area contributed by atoms with Crippen LogP contribution in [0.5, 0.6) is 0 Å². The first-order chi connectivity index (χ1) is 13.8. The summed E-state index contributed by atoms with van der Waals surface area (Å²) in [6.45, 7) is 2.00. The number of halogens is 5. The molecule has 146 valence electrons. The fraction of sp³-hybridized carbons (Fsp3) is 0.0455. The van der Waals surface area contributed by atoms with Crippen LogP contribution in [0.2, 0.25) is 25.1 Å². The maximum atomic E-state index is 6.29. The Kier molecular flexibility index (Phi) is 5.83. The highest BCUT2D eigenvalue weighted by atomic mass is 35.5. The van der Waals surface area contributed by atoms with E-state index < -0.39 is 0 Å². The summed E-state index contributed by atoms with van der Waals surface area (Å²) in [5, 5.41) is 7.41. The summed E-state index contributed by atoms with van der Waals surface area (Å²) in [5.41, 5.74) is 5.20. The third kappa shape index (κ3) is 4.01. The van der Waals surface area contributed by atoms with Crippen LogP contribution in [-0.2, 0) is 0 Å². The van der Waals surface area contributed by atoms with Gasteiger partial charge in [0.25, 0.3) is 0 Å². The van der Waals surface area contributed by atoms with Crippen LogP contribution in [0.25, 0.3) is 28.2 Å². The van der Waals surface area contributed by atoms with Crippen LogP contribution in [0.4, 0.5) is 0 Å². The molecule has 0 N–H and O–H groups in total. The Hall–Kier alpha value is -1.68. The van der Waals surface area contributed by atoms with E-state index in [-0.39, 0.29) is 0 Å². The van der Waals surface area contributed by atoms with Gasteiger partial charge in [-0.1, -0.05) is 76.2 Å². The zero-order chi connectivity index (χ0) is 20.7. The lowest BCUT2D eigenvalue weighted by atomic mass is 10.0. The molecule has 0 saturated heterocycles. The summed E-state index contributed by atoms with van der Waals surface area (Å²) in [6, 6.07) is 18.5. The number of hydrogen-bond donors (Lipinski definition) is 0. The summed E-state index contributed by atoms with van der Waals surface area (Å²) in [5.74, 6) is 0. The summed E-state index contributed by atoms with van der Waals surface area (Å²) in [6.07, 6.45) is 0. The first-order valence-corrected chi connectivity index (χ1v) is 10.5. The maximum Gasteiger partial charge on any atom is 0.0963 e. The molecular formula is C22H13Cl5N2. The van der Waals surface area contributed by atoms with Gasteiger partial charge in [-0.05, 0) is 49.4 Å². The summed E-state index contributed by atoms with van der Waals surface area (Å²) < 4.78 is 1.85. The van der Waals surface area contributed by atoms with E-state index in [2.05, 4.69) is 0 Å². The van der Waals surface area contributed by atoms with Gasteiger partial charge in [-0.25, -0.2) is 4.68 Å². The molecule has 0 amide bonds. The number of aromatic nitrogens is 2. The molecule has 0 atom stereocenters. The lowest BCUT2D eigenvalue weighted by Crippen LogP contribution is -1.99. The van der Waals surface area contributed by atoms with Crippen molar-refractivity contribution >= 4 is 58.0 Å². The average Bonchev–Trinajstić information content (AvgIpc) is 3.03. The van der Waals surface area contributed by atoms with Crippen LogP contribution in [0.3, 0.4) is 0 Å². The molecule has 0 aliphatic rings. The molecule has 0 unspecified atom stereocenters. The maximum absolute atomic E-state index is 6.29. The number of benzene rings is 3. The number of nitrogens with zero attached hydrogens (tertiary/aromatic N) is 2. The van der Waals surface area contributed by atoms with Gasteiger partial charge in [-0.3, -0.25) is 0 Å². The second-order valence-electron chi connectivity index (χ2n) is 6.47. The predicted molar refractivity (Wildman–Crippen MR) is 124 cm³/mol. The Bertz CT molecular complexity index is 1230. The number of hydrogen-bond acceptors (Lipinski definition) is 1. The molecule has 4 aromatic rings. The van der Waals surface area contributed by atoms with Crippen LogP contribution < -0.4 is 0 Å². The van der Waals surface area contributed by atoms with E-state index in [0.29, 0.717) is 25.1 Å².